The minimum Gasteiger partial charge on any atom is -0.481 e. The van der Waals surface area contributed by atoms with E-state index < -0.39 is 23.8 Å². The predicted molar refractivity (Wildman–Crippen MR) is 103 cm³/mol. The number of thiocarbonyl (C=S) groups is 1. The molecule has 1 aromatic rings. The first-order chi connectivity index (χ1) is 12.0. The molecular weight excluding hydrogens is 354 g/mol. The number of benzene rings is 1. The van der Waals surface area contributed by atoms with Crippen molar-refractivity contribution < 1.29 is 24.2 Å². The van der Waals surface area contributed by atoms with Crippen LogP contribution in [0, 0.1) is 5.92 Å². The quantitative estimate of drug-likeness (QED) is 0.617. The molecule has 6 nitrogen and oxygen atoms in total. The molecule has 0 bridgehead atoms. The lowest BCUT2D eigenvalue weighted by Crippen LogP contribution is -2.62. The summed E-state index contributed by atoms with van der Waals surface area (Å²) in [5.41, 5.74) is -0.537. The SMILES string of the molecule is CC(=O)OC(C)(C(=O)O)N1C(=S)C(C(C)C)Oc2c(C(C)C)cccc21. The van der Waals surface area contributed by atoms with E-state index in [9.17, 15) is 14.7 Å². The largest absolute Gasteiger partial charge is 0.481 e. The number of carbonyl (C=O) groups excluding carboxylic acids is 1. The lowest BCUT2D eigenvalue weighted by atomic mass is 9.96. The number of carbonyl (C=O) groups is 2. The summed E-state index contributed by atoms with van der Waals surface area (Å²) in [6.07, 6.45) is -0.508. The molecule has 0 amide bonds. The van der Waals surface area contributed by atoms with Crippen molar-refractivity contribution in [3.05, 3.63) is 23.8 Å². The first-order valence-corrected chi connectivity index (χ1v) is 8.98. The second-order valence-electron chi connectivity index (χ2n) is 7.19. The zero-order valence-electron chi connectivity index (χ0n) is 15.9. The number of carboxylic acid groups (broad SMARTS) is 1. The lowest BCUT2D eigenvalue weighted by Gasteiger charge is -2.45. The molecule has 2 rings (SSSR count). The van der Waals surface area contributed by atoms with E-state index in [4.69, 9.17) is 21.7 Å². The highest BCUT2D eigenvalue weighted by atomic mass is 32.1. The van der Waals surface area contributed by atoms with Gasteiger partial charge in [0, 0.05) is 13.8 Å². The Labute approximate surface area is 159 Å². The maximum absolute atomic E-state index is 12.1. The maximum Gasteiger partial charge on any atom is 0.370 e. The maximum atomic E-state index is 12.1. The number of carboxylic acids is 1. The number of rotatable bonds is 5. The third-order valence-corrected chi connectivity index (χ3v) is 4.78. The van der Waals surface area contributed by atoms with E-state index in [1.54, 1.807) is 6.07 Å². The lowest BCUT2D eigenvalue weighted by molar-refractivity contribution is -0.174. The third-order valence-electron chi connectivity index (χ3n) is 4.37. The van der Waals surface area contributed by atoms with Gasteiger partial charge in [-0.05, 0) is 23.5 Å². The van der Waals surface area contributed by atoms with Gasteiger partial charge in [-0.3, -0.25) is 9.69 Å². The van der Waals surface area contributed by atoms with Crippen molar-refractivity contribution in [2.45, 2.75) is 59.3 Å². The second-order valence-corrected chi connectivity index (χ2v) is 7.61. The van der Waals surface area contributed by atoms with Crippen molar-refractivity contribution in [1.82, 2.24) is 0 Å². The zero-order chi connectivity index (χ0) is 19.8. The summed E-state index contributed by atoms with van der Waals surface area (Å²) in [5.74, 6) is -1.26. The Hall–Kier alpha value is -2.15. The predicted octanol–water partition coefficient (Wildman–Crippen LogP) is 3.72. The molecule has 0 saturated carbocycles. The van der Waals surface area contributed by atoms with Gasteiger partial charge in [0.25, 0.3) is 5.72 Å². The van der Waals surface area contributed by atoms with Gasteiger partial charge < -0.3 is 14.6 Å². The number of anilines is 1. The molecular formula is C19H25NO5S. The first kappa shape index (κ1) is 20.2. The molecule has 1 aliphatic rings. The van der Waals surface area contributed by atoms with Gasteiger partial charge in [0.1, 0.15) is 10.7 Å². The van der Waals surface area contributed by atoms with Crippen LogP contribution in [0.5, 0.6) is 5.75 Å². The summed E-state index contributed by atoms with van der Waals surface area (Å²) in [6, 6.07) is 5.49. The number of ether oxygens (including phenoxy) is 2. The summed E-state index contributed by atoms with van der Waals surface area (Å²) < 4.78 is 11.4. The van der Waals surface area contributed by atoms with Crippen LogP contribution < -0.4 is 9.64 Å². The van der Waals surface area contributed by atoms with E-state index >= 15 is 0 Å². The van der Waals surface area contributed by atoms with Crippen molar-refractivity contribution in [3.8, 4) is 5.75 Å². The number of aliphatic carboxylic acids is 1. The molecule has 0 spiro atoms. The van der Waals surface area contributed by atoms with Crippen LogP contribution in [0.1, 0.15) is 53.0 Å². The van der Waals surface area contributed by atoms with Crippen LogP contribution in [0.2, 0.25) is 0 Å². The van der Waals surface area contributed by atoms with Crippen LogP contribution in [0.25, 0.3) is 0 Å². The van der Waals surface area contributed by atoms with Crippen molar-refractivity contribution in [2.24, 2.45) is 5.92 Å². The van der Waals surface area contributed by atoms with Gasteiger partial charge in [-0.25, -0.2) is 4.79 Å². The molecule has 0 fully saturated rings. The Kier molecular flexibility index (Phi) is 5.61. The number of para-hydroxylation sites is 1. The number of fused-ring (bicyclic) bond motifs is 1. The summed E-state index contributed by atoms with van der Waals surface area (Å²) in [6.45, 7) is 10.5. The summed E-state index contributed by atoms with van der Waals surface area (Å²) in [4.78, 5) is 25.4. The van der Waals surface area contributed by atoms with Gasteiger partial charge >= 0.3 is 11.9 Å². The molecule has 26 heavy (non-hydrogen) atoms. The van der Waals surface area contributed by atoms with E-state index in [2.05, 4.69) is 0 Å². The van der Waals surface area contributed by atoms with E-state index in [0.717, 1.165) is 5.56 Å². The smallest absolute Gasteiger partial charge is 0.370 e. The van der Waals surface area contributed by atoms with Crippen molar-refractivity contribution in [2.75, 3.05) is 4.90 Å². The van der Waals surface area contributed by atoms with E-state index in [1.807, 2.05) is 39.8 Å². The summed E-state index contributed by atoms with van der Waals surface area (Å²) in [7, 11) is 0. The first-order valence-electron chi connectivity index (χ1n) is 8.57. The number of hydrogen-bond donors (Lipinski definition) is 1. The zero-order valence-corrected chi connectivity index (χ0v) is 16.7. The Bertz CT molecular complexity index is 745. The van der Waals surface area contributed by atoms with Crippen molar-refractivity contribution >= 4 is 34.8 Å². The number of esters is 1. The second kappa shape index (κ2) is 7.23. The van der Waals surface area contributed by atoms with Gasteiger partial charge in [0.2, 0.25) is 0 Å². The van der Waals surface area contributed by atoms with Gasteiger partial charge in [-0.2, -0.15) is 0 Å². The molecule has 0 aromatic heterocycles. The van der Waals surface area contributed by atoms with E-state index in [0.29, 0.717) is 11.4 Å². The summed E-state index contributed by atoms with van der Waals surface area (Å²) in [5, 5.41) is 9.86. The van der Waals surface area contributed by atoms with Crippen LogP contribution in [0.15, 0.2) is 18.2 Å². The van der Waals surface area contributed by atoms with Crippen molar-refractivity contribution in [3.63, 3.8) is 0 Å². The van der Waals surface area contributed by atoms with Gasteiger partial charge in [0.05, 0.1) is 5.69 Å². The highest BCUT2D eigenvalue weighted by molar-refractivity contribution is 7.80. The molecule has 1 N–H and O–H groups in total. The van der Waals surface area contributed by atoms with Gasteiger partial charge in [0.15, 0.2) is 6.10 Å². The van der Waals surface area contributed by atoms with E-state index in [-0.39, 0.29) is 16.8 Å². The minimum absolute atomic E-state index is 0.00809. The average molecular weight is 379 g/mol. The molecule has 1 aromatic carbocycles. The standard InChI is InChI=1S/C19H25NO5S/c1-10(2)13-8-7-9-14-16(13)24-15(11(3)4)17(26)20(14)19(6,18(22)23)25-12(5)21/h7-11,15H,1-6H3,(H,22,23). The molecule has 0 saturated heterocycles. The van der Waals surface area contributed by atoms with Crippen LogP contribution in [0.3, 0.4) is 0 Å². The Morgan fingerprint density at radius 1 is 1.31 bits per heavy atom. The monoisotopic (exact) mass is 379 g/mol. The molecule has 2 unspecified atom stereocenters. The molecule has 7 heteroatoms. The molecule has 0 radical (unpaired) electrons. The minimum atomic E-state index is -1.97. The van der Waals surface area contributed by atoms with Crippen LogP contribution in [-0.4, -0.2) is 33.9 Å². The Morgan fingerprint density at radius 3 is 2.38 bits per heavy atom. The van der Waals surface area contributed by atoms with Gasteiger partial charge in [-0.15, -0.1) is 0 Å². The molecule has 1 heterocycles. The van der Waals surface area contributed by atoms with Crippen molar-refractivity contribution in [1.29, 1.82) is 0 Å². The number of hydrogen-bond acceptors (Lipinski definition) is 5. The van der Waals surface area contributed by atoms with Crippen LogP contribution in [0.4, 0.5) is 5.69 Å². The highest BCUT2D eigenvalue weighted by Gasteiger charge is 2.50. The highest BCUT2D eigenvalue weighted by Crippen LogP contribution is 2.44. The molecule has 1 aliphatic heterocycles. The van der Waals surface area contributed by atoms with Crippen LogP contribution >= 0.6 is 12.2 Å². The molecule has 0 aliphatic carbocycles. The Balaban J connectivity index is 2.75. The molecule has 2 atom stereocenters. The summed E-state index contributed by atoms with van der Waals surface area (Å²) >= 11 is 5.58. The Morgan fingerprint density at radius 2 is 1.92 bits per heavy atom. The van der Waals surface area contributed by atoms with Crippen LogP contribution in [-0.2, 0) is 14.3 Å². The van der Waals surface area contributed by atoms with E-state index in [1.165, 1.54) is 18.7 Å². The molecule has 142 valence electrons. The topological polar surface area (TPSA) is 76.1 Å². The number of nitrogens with zero attached hydrogens (tertiary/aromatic N) is 1. The fourth-order valence-electron chi connectivity index (χ4n) is 3.05. The fourth-order valence-corrected chi connectivity index (χ4v) is 3.64. The third kappa shape index (κ3) is 3.40. The fraction of sp³-hybridized carbons (Fsp3) is 0.526. The average Bonchev–Trinajstić information content (AvgIpc) is 2.51. The normalized spacial score (nSPS) is 19.0. The van der Waals surface area contributed by atoms with Gasteiger partial charge in [-0.1, -0.05) is 52.0 Å².